The van der Waals surface area contributed by atoms with Gasteiger partial charge in [0.05, 0.1) is 6.20 Å². The van der Waals surface area contributed by atoms with Gasteiger partial charge in [0.15, 0.2) is 0 Å². The first kappa shape index (κ1) is 12.2. The molecule has 2 nitrogen and oxygen atoms in total. The number of hydrogen-bond donors (Lipinski definition) is 1. The van der Waals surface area contributed by atoms with Gasteiger partial charge in [0.2, 0.25) is 0 Å². The number of hydrogen-bond acceptors (Lipinski definition) is 3. The zero-order valence-electron chi connectivity index (χ0n) is 9.69. The maximum Gasteiger partial charge on any atom is 0.141 e. The molecule has 1 N–H and O–H groups in total. The summed E-state index contributed by atoms with van der Waals surface area (Å²) in [6, 6.07) is 5.88. The average Bonchev–Trinajstić information content (AvgIpc) is 2.83. The van der Waals surface area contributed by atoms with Crippen LogP contribution in [-0.4, -0.2) is 12.0 Å². The monoisotopic (exact) mass is 250 g/mol. The quantitative estimate of drug-likeness (QED) is 0.881. The highest BCUT2D eigenvalue weighted by molar-refractivity contribution is 7.09. The molecule has 0 aliphatic heterocycles. The van der Waals surface area contributed by atoms with Crippen LogP contribution in [0.1, 0.15) is 22.9 Å². The number of aryl methyl sites for hydroxylation is 1. The molecule has 17 heavy (non-hydrogen) atoms. The molecule has 0 saturated heterocycles. The van der Waals surface area contributed by atoms with Gasteiger partial charge in [-0.3, -0.25) is 4.98 Å². The van der Waals surface area contributed by atoms with Crippen LogP contribution < -0.4 is 5.32 Å². The van der Waals surface area contributed by atoms with Crippen molar-refractivity contribution in [3.05, 3.63) is 52.2 Å². The smallest absolute Gasteiger partial charge is 0.141 e. The molecule has 4 heteroatoms. The molecule has 0 spiro atoms. The van der Waals surface area contributed by atoms with E-state index in [0.29, 0.717) is 0 Å². The second-order valence-electron chi connectivity index (χ2n) is 3.90. The zero-order valence-corrected chi connectivity index (χ0v) is 10.5. The van der Waals surface area contributed by atoms with Gasteiger partial charge >= 0.3 is 0 Å². The predicted octanol–water partition coefficient (Wildman–Crippen LogP) is 3.18. The van der Waals surface area contributed by atoms with E-state index in [1.807, 2.05) is 7.05 Å². The normalized spacial score (nSPS) is 12.6. The summed E-state index contributed by atoms with van der Waals surface area (Å²) in [7, 11) is 1.89. The Morgan fingerprint density at radius 3 is 3.00 bits per heavy atom. The van der Waals surface area contributed by atoms with Crippen LogP contribution in [0.2, 0.25) is 0 Å². The van der Waals surface area contributed by atoms with Gasteiger partial charge in [0.25, 0.3) is 0 Å². The molecule has 90 valence electrons. The van der Waals surface area contributed by atoms with Crippen LogP contribution in [0.3, 0.4) is 0 Å². The van der Waals surface area contributed by atoms with Crippen molar-refractivity contribution in [1.82, 2.24) is 10.3 Å². The van der Waals surface area contributed by atoms with Crippen LogP contribution in [0, 0.1) is 5.82 Å². The molecule has 0 fully saturated rings. The molecule has 1 unspecified atom stereocenters. The van der Waals surface area contributed by atoms with E-state index >= 15 is 0 Å². The van der Waals surface area contributed by atoms with E-state index in [1.165, 1.54) is 11.1 Å². The van der Waals surface area contributed by atoms with Gasteiger partial charge in [-0.1, -0.05) is 6.07 Å². The molecule has 0 bridgehead atoms. The summed E-state index contributed by atoms with van der Waals surface area (Å²) in [5.41, 5.74) is 0.907. The summed E-state index contributed by atoms with van der Waals surface area (Å²) < 4.78 is 13.1. The Bertz CT molecular complexity index is 456. The van der Waals surface area contributed by atoms with Crippen molar-refractivity contribution >= 4 is 11.3 Å². The predicted molar refractivity (Wildman–Crippen MR) is 68.6 cm³/mol. The van der Waals surface area contributed by atoms with Crippen molar-refractivity contribution in [1.29, 1.82) is 0 Å². The molecular weight excluding hydrogens is 235 g/mol. The van der Waals surface area contributed by atoms with E-state index in [9.17, 15) is 4.39 Å². The van der Waals surface area contributed by atoms with E-state index in [0.717, 1.165) is 18.4 Å². The minimum Gasteiger partial charge on any atom is -0.313 e. The Morgan fingerprint density at radius 2 is 2.35 bits per heavy atom. The summed E-state index contributed by atoms with van der Waals surface area (Å²) in [5.74, 6) is -0.279. The number of rotatable bonds is 5. The third-order valence-electron chi connectivity index (χ3n) is 2.74. The summed E-state index contributed by atoms with van der Waals surface area (Å²) in [6.07, 6.45) is 4.90. The molecule has 2 aromatic heterocycles. The minimum atomic E-state index is -0.279. The van der Waals surface area contributed by atoms with E-state index in [-0.39, 0.29) is 11.9 Å². The summed E-state index contributed by atoms with van der Waals surface area (Å²) in [6.45, 7) is 0. The Labute approximate surface area is 105 Å². The lowest BCUT2D eigenvalue weighted by molar-refractivity contribution is 0.540. The van der Waals surface area contributed by atoms with Gasteiger partial charge in [-0.15, -0.1) is 11.3 Å². The van der Waals surface area contributed by atoms with Gasteiger partial charge in [-0.25, -0.2) is 4.39 Å². The maximum atomic E-state index is 13.1. The topological polar surface area (TPSA) is 24.9 Å². The second kappa shape index (κ2) is 5.89. The zero-order chi connectivity index (χ0) is 12.1. The highest BCUT2D eigenvalue weighted by Gasteiger charge is 2.10. The fourth-order valence-corrected chi connectivity index (χ4v) is 2.56. The fourth-order valence-electron chi connectivity index (χ4n) is 1.84. The summed E-state index contributed by atoms with van der Waals surface area (Å²) >= 11 is 1.76. The largest absolute Gasteiger partial charge is 0.313 e. The standard InChI is InChI=1S/C13H15FN2S/c1-15-13(5-4-12-3-2-6-17-12)10-7-11(14)9-16-8-10/h2-3,6-9,13,15H,4-5H2,1H3. The van der Waals surface area contributed by atoms with Crippen LogP contribution in [-0.2, 0) is 6.42 Å². The summed E-state index contributed by atoms with van der Waals surface area (Å²) in [5, 5.41) is 5.28. The maximum absolute atomic E-state index is 13.1. The Kier molecular flexibility index (Phi) is 4.23. The average molecular weight is 250 g/mol. The van der Waals surface area contributed by atoms with Crippen molar-refractivity contribution in [2.24, 2.45) is 0 Å². The minimum absolute atomic E-state index is 0.153. The van der Waals surface area contributed by atoms with E-state index in [2.05, 4.69) is 27.8 Å². The first-order valence-electron chi connectivity index (χ1n) is 5.59. The molecule has 0 radical (unpaired) electrons. The number of nitrogens with zero attached hydrogens (tertiary/aromatic N) is 1. The molecular formula is C13H15FN2S. The molecule has 2 heterocycles. The van der Waals surface area contributed by atoms with Gasteiger partial charge < -0.3 is 5.32 Å². The molecule has 0 aromatic carbocycles. The number of thiophene rings is 1. The summed E-state index contributed by atoms with van der Waals surface area (Å²) in [4.78, 5) is 5.24. The molecule has 0 saturated carbocycles. The third kappa shape index (κ3) is 3.35. The van der Waals surface area contributed by atoms with Gasteiger partial charge in [-0.05, 0) is 43.0 Å². The SMILES string of the molecule is CNC(CCc1cccs1)c1cncc(F)c1. The Balaban J connectivity index is 2.01. The number of halogens is 1. The van der Waals surface area contributed by atoms with Crippen molar-refractivity contribution in [2.45, 2.75) is 18.9 Å². The molecule has 0 amide bonds. The van der Waals surface area contributed by atoms with E-state index < -0.39 is 0 Å². The lowest BCUT2D eigenvalue weighted by atomic mass is 10.0. The third-order valence-corrected chi connectivity index (χ3v) is 3.67. The first-order chi connectivity index (χ1) is 8.29. The highest BCUT2D eigenvalue weighted by Crippen LogP contribution is 2.20. The van der Waals surface area contributed by atoms with Crippen molar-refractivity contribution < 1.29 is 4.39 Å². The molecule has 2 rings (SSSR count). The van der Waals surface area contributed by atoms with Crippen molar-refractivity contribution in [3.8, 4) is 0 Å². The van der Waals surface area contributed by atoms with Crippen molar-refractivity contribution in [3.63, 3.8) is 0 Å². The molecule has 0 aliphatic rings. The lowest BCUT2D eigenvalue weighted by Crippen LogP contribution is -2.17. The fraction of sp³-hybridized carbons (Fsp3) is 0.308. The molecule has 1 atom stereocenters. The van der Waals surface area contributed by atoms with Gasteiger partial charge in [0, 0.05) is 17.1 Å². The van der Waals surface area contributed by atoms with Gasteiger partial charge in [-0.2, -0.15) is 0 Å². The number of aromatic nitrogens is 1. The van der Waals surface area contributed by atoms with E-state index in [1.54, 1.807) is 23.6 Å². The Morgan fingerprint density at radius 1 is 1.47 bits per heavy atom. The van der Waals surface area contributed by atoms with Crippen LogP contribution >= 0.6 is 11.3 Å². The second-order valence-corrected chi connectivity index (χ2v) is 4.93. The van der Waals surface area contributed by atoms with E-state index in [4.69, 9.17) is 0 Å². The van der Waals surface area contributed by atoms with Crippen LogP contribution in [0.4, 0.5) is 4.39 Å². The lowest BCUT2D eigenvalue weighted by Gasteiger charge is -2.15. The Hall–Kier alpha value is -1.26. The van der Waals surface area contributed by atoms with Crippen LogP contribution in [0.5, 0.6) is 0 Å². The first-order valence-corrected chi connectivity index (χ1v) is 6.47. The van der Waals surface area contributed by atoms with Crippen molar-refractivity contribution in [2.75, 3.05) is 7.05 Å². The van der Waals surface area contributed by atoms with Crippen LogP contribution in [0.15, 0.2) is 36.0 Å². The van der Waals surface area contributed by atoms with Gasteiger partial charge in [0.1, 0.15) is 5.82 Å². The number of nitrogens with one attached hydrogen (secondary N) is 1. The molecule has 0 aliphatic carbocycles. The molecule has 2 aromatic rings. The highest BCUT2D eigenvalue weighted by atomic mass is 32.1. The van der Waals surface area contributed by atoms with Crippen LogP contribution in [0.25, 0.3) is 0 Å². The number of pyridine rings is 1.